The normalized spacial score (nSPS) is 15.6. The Hall–Kier alpha value is -4.55. The van der Waals surface area contributed by atoms with Gasteiger partial charge in [0, 0.05) is 37.3 Å². The number of ether oxygens (including phenoxy) is 1. The lowest BCUT2D eigenvalue weighted by atomic mass is 9.91. The van der Waals surface area contributed by atoms with E-state index in [1.807, 2.05) is 24.3 Å². The Balaban J connectivity index is 1.26. The number of alkyl halides is 3. The second kappa shape index (κ2) is 10.1. The third-order valence-corrected chi connectivity index (χ3v) is 8.01. The van der Waals surface area contributed by atoms with Gasteiger partial charge in [0.25, 0.3) is 0 Å². The van der Waals surface area contributed by atoms with E-state index in [2.05, 4.69) is 29.8 Å². The lowest BCUT2D eigenvalue weighted by Gasteiger charge is -2.38. The van der Waals surface area contributed by atoms with Crippen LogP contribution in [0.2, 0.25) is 0 Å². The van der Waals surface area contributed by atoms with Crippen LogP contribution in [0.1, 0.15) is 55.0 Å². The molecule has 0 unspecified atom stereocenters. The van der Waals surface area contributed by atoms with Crippen LogP contribution in [-0.2, 0) is 19.8 Å². The van der Waals surface area contributed by atoms with Gasteiger partial charge in [0.2, 0.25) is 5.88 Å². The molecule has 13 heteroatoms. The molecule has 7 rings (SSSR count). The predicted octanol–water partition coefficient (Wildman–Crippen LogP) is 5.67. The van der Waals surface area contributed by atoms with Crippen LogP contribution in [0.3, 0.4) is 0 Å². The van der Waals surface area contributed by atoms with Crippen molar-refractivity contribution in [1.82, 2.24) is 39.5 Å². The van der Waals surface area contributed by atoms with Crippen molar-refractivity contribution in [3.05, 3.63) is 60.1 Å². The topological polar surface area (TPSA) is 111 Å². The molecule has 216 valence electrons. The second-order valence-electron chi connectivity index (χ2n) is 10.9. The van der Waals surface area contributed by atoms with E-state index in [1.54, 1.807) is 20.5 Å². The number of hydrogen-bond acceptors (Lipinski definition) is 8. The highest BCUT2D eigenvalue weighted by atomic mass is 19.4. The first-order valence-corrected chi connectivity index (χ1v) is 13.9. The average molecular weight is 576 g/mol. The molecule has 0 spiro atoms. The SMILES string of the molecule is COc1ncnc(C2CC2)c1-c1nc(N(Cc2ccc(-c3nc(C(F)(F)F)cn3C)cc2)C2CCC2)c2[nH]cnc2n1. The Kier molecular flexibility index (Phi) is 6.32. The van der Waals surface area contributed by atoms with Crippen LogP contribution in [0.25, 0.3) is 33.9 Å². The smallest absolute Gasteiger partial charge is 0.434 e. The van der Waals surface area contributed by atoms with Gasteiger partial charge < -0.3 is 19.2 Å². The fourth-order valence-corrected chi connectivity index (χ4v) is 5.45. The first-order chi connectivity index (χ1) is 20.3. The van der Waals surface area contributed by atoms with Gasteiger partial charge in [0.1, 0.15) is 23.2 Å². The molecule has 2 saturated carbocycles. The van der Waals surface area contributed by atoms with Crippen molar-refractivity contribution in [1.29, 1.82) is 0 Å². The van der Waals surface area contributed by atoms with E-state index in [4.69, 9.17) is 14.7 Å². The van der Waals surface area contributed by atoms with Crippen LogP contribution in [0.4, 0.5) is 19.0 Å². The zero-order chi connectivity index (χ0) is 29.0. The lowest BCUT2D eigenvalue weighted by Crippen LogP contribution is -2.40. The highest BCUT2D eigenvalue weighted by Gasteiger charge is 2.35. The molecule has 2 aliphatic carbocycles. The molecule has 42 heavy (non-hydrogen) atoms. The van der Waals surface area contributed by atoms with E-state index >= 15 is 0 Å². The van der Waals surface area contributed by atoms with Crippen molar-refractivity contribution < 1.29 is 17.9 Å². The minimum absolute atomic E-state index is 0.259. The molecule has 0 aliphatic heterocycles. The fraction of sp³-hybridized carbons (Fsp3) is 0.379. The number of imidazole rings is 2. The van der Waals surface area contributed by atoms with Crippen LogP contribution >= 0.6 is 0 Å². The number of rotatable bonds is 8. The van der Waals surface area contributed by atoms with E-state index in [9.17, 15) is 13.2 Å². The number of nitrogens with one attached hydrogen (secondary N) is 1. The van der Waals surface area contributed by atoms with Gasteiger partial charge in [0.15, 0.2) is 23.0 Å². The number of H-pyrrole nitrogens is 1. The number of methoxy groups -OCH3 is 1. The number of benzene rings is 1. The number of anilines is 1. The van der Waals surface area contributed by atoms with E-state index in [0.717, 1.165) is 60.9 Å². The molecule has 2 aliphatic rings. The summed E-state index contributed by atoms with van der Waals surface area (Å²) in [7, 11) is 3.14. The Morgan fingerprint density at radius 1 is 1.02 bits per heavy atom. The maximum Gasteiger partial charge on any atom is 0.434 e. The molecular weight excluding hydrogens is 547 g/mol. The Bertz CT molecular complexity index is 1750. The molecular formula is C29H28F3N9O. The molecule has 0 radical (unpaired) electrons. The van der Waals surface area contributed by atoms with E-state index in [1.165, 1.54) is 10.9 Å². The van der Waals surface area contributed by atoms with Crippen molar-refractivity contribution in [3.8, 4) is 28.7 Å². The number of hydrogen-bond donors (Lipinski definition) is 1. The van der Waals surface area contributed by atoms with Gasteiger partial charge in [-0.25, -0.2) is 29.9 Å². The Labute approximate surface area is 239 Å². The number of fused-ring (bicyclic) bond motifs is 1. The number of aryl methyl sites for hydroxylation is 1. The quantitative estimate of drug-likeness (QED) is 0.252. The fourth-order valence-electron chi connectivity index (χ4n) is 5.45. The van der Waals surface area contributed by atoms with E-state index in [-0.39, 0.29) is 11.9 Å². The number of aromatic amines is 1. The van der Waals surface area contributed by atoms with Gasteiger partial charge in [-0.05, 0) is 37.7 Å². The Morgan fingerprint density at radius 3 is 2.45 bits per heavy atom. The number of nitrogens with zero attached hydrogens (tertiary/aromatic N) is 8. The molecule has 1 N–H and O–H groups in total. The first-order valence-electron chi connectivity index (χ1n) is 13.9. The molecule has 0 atom stereocenters. The van der Waals surface area contributed by atoms with Gasteiger partial charge in [-0.2, -0.15) is 13.2 Å². The zero-order valence-electron chi connectivity index (χ0n) is 23.1. The standard InChI is InChI=1S/C29H28F3N9O/c1-40-13-20(29(30,31)32)37-26(40)18-8-6-16(7-9-18)12-41(19-4-3-5-19)27-23-25(35-14-34-23)38-24(39-27)21-22(17-10-11-17)33-15-36-28(21)42-2/h6-9,13-15,17,19H,3-5,10-12H2,1-2H3,(H,34,35,38,39). The largest absolute Gasteiger partial charge is 0.480 e. The molecule has 10 nitrogen and oxygen atoms in total. The highest BCUT2D eigenvalue weighted by Crippen LogP contribution is 2.45. The van der Waals surface area contributed by atoms with Crippen LogP contribution in [0.15, 0.2) is 43.1 Å². The lowest BCUT2D eigenvalue weighted by molar-refractivity contribution is -0.140. The maximum atomic E-state index is 13.2. The summed E-state index contributed by atoms with van der Waals surface area (Å²) in [5, 5.41) is 0. The molecule has 5 aromatic rings. The summed E-state index contributed by atoms with van der Waals surface area (Å²) in [5.74, 6) is 2.22. The summed E-state index contributed by atoms with van der Waals surface area (Å²) in [6, 6.07) is 7.73. The van der Waals surface area contributed by atoms with Gasteiger partial charge >= 0.3 is 6.18 Å². The van der Waals surface area contributed by atoms with Crippen molar-refractivity contribution in [3.63, 3.8) is 0 Å². The van der Waals surface area contributed by atoms with Crippen LogP contribution in [0.5, 0.6) is 5.88 Å². The predicted molar refractivity (Wildman–Crippen MR) is 149 cm³/mol. The summed E-state index contributed by atoms with van der Waals surface area (Å²) in [4.78, 5) is 32.6. The van der Waals surface area contributed by atoms with Crippen LogP contribution in [-0.4, -0.2) is 52.6 Å². The maximum absolute atomic E-state index is 13.2. The minimum Gasteiger partial charge on any atom is -0.480 e. The van der Waals surface area contributed by atoms with Crippen LogP contribution in [0, 0.1) is 0 Å². The van der Waals surface area contributed by atoms with Gasteiger partial charge in [-0.15, -0.1) is 0 Å². The molecule has 2 fully saturated rings. The first kappa shape index (κ1) is 26.4. The van der Waals surface area contributed by atoms with E-state index < -0.39 is 11.9 Å². The summed E-state index contributed by atoms with van der Waals surface area (Å²) >= 11 is 0. The molecule has 0 amide bonds. The summed E-state index contributed by atoms with van der Waals surface area (Å²) < 4.78 is 46.6. The highest BCUT2D eigenvalue weighted by molar-refractivity contribution is 5.86. The summed E-state index contributed by atoms with van der Waals surface area (Å²) in [6.45, 7) is 0.543. The van der Waals surface area contributed by atoms with Crippen molar-refractivity contribution in [2.75, 3.05) is 12.0 Å². The van der Waals surface area contributed by atoms with Gasteiger partial charge in [-0.1, -0.05) is 24.3 Å². The van der Waals surface area contributed by atoms with Crippen molar-refractivity contribution in [2.45, 2.75) is 56.8 Å². The van der Waals surface area contributed by atoms with Crippen molar-refractivity contribution >= 4 is 17.0 Å². The molecule has 4 heterocycles. The Morgan fingerprint density at radius 2 is 1.81 bits per heavy atom. The molecule has 0 saturated heterocycles. The van der Waals surface area contributed by atoms with E-state index in [0.29, 0.717) is 40.9 Å². The van der Waals surface area contributed by atoms with Gasteiger partial charge in [0.05, 0.1) is 19.1 Å². The third kappa shape index (κ3) is 4.72. The van der Waals surface area contributed by atoms with Crippen LogP contribution < -0.4 is 9.64 Å². The molecule has 4 aromatic heterocycles. The monoisotopic (exact) mass is 575 g/mol. The minimum atomic E-state index is -4.50. The number of aromatic nitrogens is 8. The average Bonchev–Trinajstić information content (AvgIpc) is 3.55. The molecule has 1 aromatic carbocycles. The third-order valence-electron chi connectivity index (χ3n) is 8.01. The number of halogens is 3. The van der Waals surface area contributed by atoms with Crippen molar-refractivity contribution in [2.24, 2.45) is 7.05 Å². The second-order valence-corrected chi connectivity index (χ2v) is 10.9. The summed E-state index contributed by atoms with van der Waals surface area (Å²) in [5.41, 5.74) is 3.54. The molecule has 0 bridgehead atoms. The summed E-state index contributed by atoms with van der Waals surface area (Å²) in [6.07, 6.45) is 4.89. The zero-order valence-corrected chi connectivity index (χ0v) is 23.1. The van der Waals surface area contributed by atoms with Gasteiger partial charge in [-0.3, -0.25) is 0 Å².